The van der Waals surface area contributed by atoms with Gasteiger partial charge in [-0.1, -0.05) is 64.3 Å². The Balaban J connectivity index is 2.03. The molecule has 1 saturated carbocycles. The van der Waals surface area contributed by atoms with Crippen LogP contribution in [0.25, 0.3) is 0 Å². The van der Waals surface area contributed by atoms with Crippen molar-refractivity contribution in [2.45, 2.75) is 83.4 Å². The largest absolute Gasteiger partial charge is 0.387 e. The maximum Gasteiger partial charge on any atom is 0.0942 e. The van der Waals surface area contributed by atoms with Crippen molar-refractivity contribution >= 4 is 0 Å². The normalized spacial score (nSPS) is 19.7. The topological polar surface area (TPSA) is 32.3 Å². The van der Waals surface area contributed by atoms with Crippen molar-refractivity contribution < 1.29 is 5.11 Å². The fourth-order valence-electron chi connectivity index (χ4n) is 3.49. The molecule has 0 bridgehead atoms. The first-order valence-electron chi connectivity index (χ1n) is 8.65. The number of aliphatic hydroxyl groups is 1. The van der Waals surface area contributed by atoms with Gasteiger partial charge in [-0.25, -0.2) is 0 Å². The monoisotopic (exact) mass is 289 g/mol. The first-order valence-corrected chi connectivity index (χ1v) is 8.65. The highest BCUT2D eigenvalue weighted by Gasteiger charge is 2.21. The minimum atomic E-state index is -0.419. The summed E-state index contributed by atoms with van der Waals surface area (Å²) in [7, 11) is 0. The number of aliphatic hydroxyl groups excluding tert-OH is 1. The molecule has 2 rings (SSSR count). The summed E-state index contributed by atoms with van der Waals surface area (Å²) >= 11 is 0. The van der Waals surface area contributed by atoms with Gasteiger partial charge in [0.2, 0.25) is 0 Å². The number of hydrogen-bond donors (Lipinski definition) is 2. The van der Waals surface area contributed by atoms with E-state index in [1.807, 2.05) is 0 Å². The maximum atomic E-state index is 10.6. The minimum absolute atomic E-state index is 0.130. The van der Waals surface area contributed by atoms with E-state index < -0.39 is 6.10 Å². The molecule has 1 fully saturated rings. The van der Waals surface area contributed by atoms with Gasteiger partial charge in [0.15, 0.2) is 0 Å². The summed E-state index contributed by atoms with van der Waals surface area (Å²) in [6.45, 7) is 6.38. The molecule has 118 valence electrons. The van der Waals surface area contributed by atoms with E-state index in [9.17, 15) is 5.11 Å². The van der Waals surface area contributed by atoms with Crippen LogP contribution >= 0.6 is 0 Å². The zero-order chi connectivity index (χ0) is 15.2. The number of nitrogens with one attached hydrogen (secondary N) is 1. The summed E-state index contributed by atoms with van der Waals surface area (Å²) in [6.07, 6.45) is 7.30. The van der Waals surface area contributed by atoms with Gasteiger partial charge in [0.05, 0.1) is 6.10 Å². The summed E-state index contributed by atoms with van der Waals surface area (Å²) in [5.41, 5.74) is 2.49. The fourth-order valence-corrected chi connectivity index (χ4v) is 3.49. The molecule has 2 nitrogen and oxygen atoms in total. The molecule has 2 atom stereocenters. The van der Waals surface area contributed by atoms with E-state index >= 15 is 0 Å². The van der Waals surface area contributed by atoms with E-state index in [4.69, 9.17) is 0 Å². The van der Waals surface area contributed by atoms with Crippen LogP contribution in [0.4, 0.5) is 0 Å². The first kappa shape index (κ1) is 16.5. The molecule has 1 aliphatic carbocycles. The lowest BCUT2D eigenvalue weighted by molar-refractivity contribution is 0.121. The molecule has 1 aromatic carbocycles. The summed E-state index contributed by atoms with van der Waals surface area (Å²) < 4.78 is 0. The third-order valence-corrected chi connectivity index (χ3v) is 4.72. The van der Waals surface area contributed by atoms with Crippen LogP contribution in [0.5, 0.6) is 0 Å². The van der Waals surface area contributed by atoms with Crippen LogP contribution in [0.3, 0.4) is 0 Å². The third kappa shape index (κ3) is 4.55. The molecule has 0 radical (unpaired) electrons. The molecule has 0 aromatic heterocycles. The van der Waals surface area contributed by atoms with Crippen molar-refractivity contribution in [2.24, 2.45) is 0 Å². The lowest BCUT2D eigenvalue weighted by atomic mass is 9.83. The second-order valence-corrected chi connectivity index (χ2v) is 6.78. The molecule has 0 aliphatic heterocycles. The molecule has 1 aliphatic rings. The SMILES string of the molecule is CCC(NC(C)C)C(O)c1ccc(C2CCCCC2)cc1. The number of rotatable bonds is 6. The lowest BCUT2D eigenvalue weighted by Gasteiger charge is -2.26. The number of benzene rings is 1. The number of hydrogen-bond acceptors (Lipinski definition) is 2. The van der Waals surface area contributed by atoms with Crippen LogP contribution in [-0.4, -0.2) is 17.2 Å². The average molecular weight is 289 g/mol. The maximum absolute atomic E-state index is 10.6. The van der Waals surface area contributed by atoms with E-state index in [2.05, 4.69) is 50.4 Å². The molecule has 2 N–H and O–H groups in total. The van der Waals surface area contributed by atoms with E-state index in [0.29, 0.717) is 6.04 Å². The van der Waals surface area contributed by atoms with Crippen LogP contribution in [0.1, 0.15) is 82.4 Å². The molecule has 0 amide bonds. The Morgan fingerprint density at radius 2 is 1.71 bits per heavy atom. The Morgan fingerprint density at radius 1 is 1.10 bits per heavy atom. The van der Waals surface area contributed by atoms with Gasteiger partial charge in [-0.2, -0.15) is 0 Å². The standard InChI is InChI=1S/C19H31NO/c1-4-18(20-14(2)3)19(21)17-12-10-16(11-13-17)15-8-6-5-7-9-15/h10-15,18-21H,4-9H2,1-3H3. The van der Waals surface area contributed by atoms with Crippen LogP contribution in [0.2, 0.25) is 0 Å². The van der Waals surface area contributed by atoms with Gasteiger partial charge in [0.1, 0.15) is 0 Å². The van der Waals surface area contributed by atoms with Gasteiger partial charge in [-0.15, -0.1) is 0 Å². The van der Waals surface area contributed by atoms with Crippen LogP contribution in [0.15, 0.2) is 24.3 Å². The van der Waals surface area contributed by atoms with Crippen LogP contribution in [0, 0.1) is 0 Å². The molecule has 2 unspecified atom stereocenters. The smallest absolute Gasteiger partial charge is 0.0942 e. The average Bonchev–Trinajstić information content (AvgIpc) is 2.53. The molecule has 2 heteroatoms. The fraction of sp³-hybridized carbons (Fsp3) is 0.684. The Hall–Kier alpha value is -0.860. The Kier molecular flexibility index (Phi) is 6.25. The van der Waals surface area contributed by atoms with Gasteiger partial charge >= 0.3 is 0 Å². The second-order valence-electron chi connectivity index (χ2n) is 6.78. The summed E-state index contributed by atoms with van der Waals surface area (Å²) in [5, 5.41) is 14.0. The van der Waals surface area contributed by atoms with Crippen molar-refractivity contribution in [1.82, 2.24) is 5.32 Å². The highest BCUT2D eigenvalue weighted by Crippen LogP contribution is 2.33. The van der Waals surface area contributed by atoms with Gasteiger partial charge in [0, 0.05) is 12.1 Å². The van der Waals surface area contributed by atoms with Crippen molar-refractivity contribution in [1.29, 1.82) is 0 Å². The zero-order valence-electron chi connectivity index (χ0n) is 13.8. The van der Waals surface area contributed by atoms with Crippen LogP contribution < -0.4 is 5.32 Å². The predicted molar refractivity (Wildman–Crippen MR) is 89.6 cm³/mol. The van der Waals surface area contributed by atoms with Gasteiger partial charge < -0.3 is 10.4 Å². The zero-order valence-corrected chi connectivity index (χ0v) is 13.8. The predicted octanol–water partition coefficient (Wildman–Crippen LogP) is 4.54. The van der Waals surface area contributed by atoms with Crippen LogP contribution in [-0.2, 0) is 0 Å². The quantitative estimate of drug-likeness (QED) is 0.805. The Labute approximate surface area is 130 Å². The van der Waals surface area contributed by atoms with E-state index in [1.54, 1.807) is 0 Å². The van der Waals surface area contributed by atoms with Crippen molar-refractivity contribution in [3.63, 3.8) is 0 Å². The molecule has 21 heavy (non-hydrogen) atoms. The van der Waals surface area contributed by atoms with Crippen molar-refractivity contribution in [3.8, 4) is 0 Å². The van der Waals surface area contributed by atoms with E-state index in [1.165, 1.54) is 37.7 Å². The Bertz CT molecular complexity index is 406. The molecule has 1 aromatic rings. The Morgan fingerprint density at radius 3 is 2.24 bits per heavy atom. The van der Waals surface area contributed by atoms with Gasteiger partial charge in [-0.3, -0.25) is 0 Å². The first-order chi connectivity index (χ1) is 10.1. The highest BCUT2D eigenvalue weighted by atomic mass is 16.3. The van der Waals surface area contributed by atoms with Crippen molar-refractivity contribution in [3.05, 3.63) is 35.4 Å². The highest BCUT2D eigenvalue weighted by molar-refractivity contribution is 5.27. The third-order valence-electron chi connectivity index (χ3n) is 4.72. The second kappa shape index (κ2) is 7.95. The lowest BCUT2D eigenvalue weighted by Crippen LogP contribution is -2.38. The molecular formula is C19H31NO. The molecule has 0 saturated heterocycles. The van der Waals surface area contributed by atoms with Gasteiger partial charge in [-0.05, 0) is 36.3 Å². The van der Waals surface area contributed by atoms with E-state index in [0.717, 1.165) is 17.9 Å². The molecule has 0 heterocycles. The minimum Gasteiger partial charge on any atom is -0.387 e. The summed E-state index contributed by atoms with van der Waals surface area (Å²) in [4.78, 5) is 0. The summed E-state index contributed by atoms with van der Waals surface area (Å²) in [6, 6.07) is 9.24. The summed E-state index contributed by atoms with van der Waals surface area (Å²) in [5.74, 6) is 0.737. The molecular weight excluding hydrogens is 258 g/mol. The molecule has 0 spiro atoms. The van der Waals surface area contributed by atoms with Gasteiger partial charge in [0.25, 0.3) is 0 Å². The van der Waals surface area contributed by atoms with Crippen molar-refractivity contribution in [2.75, 3.05) is 0 Å². The van der Waals surface area contributed by atoms with E-state index in [-0.39, 0.29) is 6.04 Å².